The molecule has 3 heteroatoms. The zero-order chi connectivity index (χ0) is 7.90. The first-order valence-corrected chi connectivity index (χ1v) is 3.79. The van der Waals surface area contributed by atoms with Crippen LogP contribution < -0.4 is 0 Å². The number of ether oxygens (including phenoxy) is 1. The number of hydrogen-bond donors (Lipinski definition) is 1. The second kappa shape index (κ2) is 2.08. The summed E-state index contributed by atoms with van der Waals surface area (Å²) in [4.78, 5) is 11.1. The van der Waals surface area contributed by atoms with Crippen LogP contribution in [0.3, 0.4) is 0 Å². The molecule has 1 saturated heterocycles. The van der Waals surface area contributed by atoms with Crippen LogP contribution in [0, 0.1) is 5.41 Å². The SMILES string of the molecule is O=C1C=C(O)C12CCOCC2. The van der Waals surface area contributed by atoms with Crippen LogP contribution in [-0.4, -0.2) is 24.1 Å². The minimum Gasteiger partial charge on any atom is -0.511 e. The largest absolute Gasteiger partial charge is 0.511 e. The molecule has 0 aromatic carbocycles. The molecule has 2 rings (SSSR count). The van der Waals surface area contributed by atoms with Gasteiger partial charge in [0.1, 0.15) is 5.76 Å². The minimum absolute atomic E-state index is 0.0679. The van der Waals surface area contributed by atoms with Crippen LogP contribution in [0.4, 0.5) is 0 Å². The lowest BCUT2D eigenvalue weighted by molar-refractivity contribution is -0.133. The van der Waals surface area contributed by atoms with Crippen molar-refractivity contribution in [2.75, 3.05) is 13.2 Å². The molecule has 0 amide bonds. The van der Waals surface area contributed by atoms with E-state index in [1.807, 2.05) is 0 Å². The van der Waals surface area contributed by atoms with Gasteiger partial charge in [0.25, 0.3) is 0 Å². The zero-order valence-corrected chi connectivity index (χ0v) is 6.17. The van der Waals surface area contributed by atoms with Crippen molar-refractivity contribution >= 4 is 5.78 Å². The monoisotopic (exact) mass is 154 g/mol. The van der Waals surface area contributed by atoms with Gasteiger partial charge in [0.05, 0.1) is 5.41 Å². The third kappa shape index (κ3) is 0.744. The molecule has 0 atom stereocenters. The lowest BCUT2D eigenvalue weighted by Gasteiger charge is -2.39. The fourth-order valence-corrected chi connectivity index (χ4v) is 1.67. The zero-order valence-electron chi connectivity index (χ0n) is 6.17. The molecule has 1 aliphatic heterocycles. The molecule has 0 aromatic heterocycles. The Labute approximate surface area is 64.7 Å². The molecule has 0 bridgehead atoms. The fraction of sp³-hybridized carbons (Fsp3) is 0.625. The summed E-state index contributed by atoms with van der Waals surface area (Å²) in [5.41, 5.74) is -0.530. The van der Waals surface area contributed by atoms with Gasteiger partial charge in [-0.3, -0.25) is 4.79 Å². The van der Waals surface area contributed by atoms with Crippen LogP contribution in [-0.2, 0) is 9.53 Å². The summed E-state index contributed by atoms with van der Waals surface area (Å²) >= 11 is 0. The number of carbonyl (C=O) groups excluding carboxylic acids is 1. The molecule has 1 aliphatic carbocycles. The van der Waals surface area contributed by atoms with Crippen molar-refractivity contribution in [2.45, 2.75) is 12.8 Å². The Bertz CT molecular complexity index is 223. The summed E-state index contributed by atoms with van der Waals surface area (Å²) in [7, 11) is 0. The van der Waals surface area contributed by atoms with Crippen LogP contribution in [0.2, 0.25) is 0 Å². The average molecular weight is 154 g/mol. The first kappa shape index (κ1) is 6.85. The minimum atomic E-state index is -0.530. The molecule has 1 spiro atoms. The summed E-state index contributed by atoms with van der Waals surface area (Å²) in [6.07, 6.45) is 2.60. The maximum atomic E-state index is 11.1. The first-order valence-electron chi connectivity index (χ1n) is 3.79. The van der Waals surface area contributed by atoms with Gasteiger partial charge in [-0.25, -0.2) is 0 Å². The summed E-state index contributed by atoms with van der Waals surface area (Å²) < 4.78 is 5.11. The van der Waals surface area contributed by atoms with E-state index < -0.39 is 5.41 Å². The van der Waals surface area contributed by atoms with Gasteiger partial charge >= 0.3 is 0 Å². The van der Waals surface area contributed by atoms with Crippen LogP contribution >= 0.6 is 0 Å². The highest BCUT2D eigenvalue weighted by molar-refractivity contribution is 6.04. The number of allylic oxidation sites excluding steroid dienone is 2. The van der Waals surface area contributed by atoms with Gasteiger partial charge in [0.15, 0.2) is 5.78 Å². The van der Waals surface area contributed by atoms with E-state index in [2.05, 4.69) is 0 Å². The van der Waals surface area contributed by atoms with E-state index in [1.165, 1.54) is 6.08 Å². The summed E-state index contributed by atoms with van der Waals surface area (Å²) in [5, 5.41) is 9.28. The highest BCUT2D eigenvalue weighted by Crippen LogP contribution is 2.44. The Hall–Kier alpha value is -0.830. The number of aliphatic hydroxyl groups excluding tert-OH is 1. The maximum Gasteiger partial charge on any atom is 0.172 e. The Morgan fingerprint density at radius 1 is 1.45 bits per heavy atom. The van der Waals surface area contributed by atoms with Gasteiger partial charge < -0.3 is 9.84 Å². The highest BCUT2D eigenvalue weighted by atomic mass is 16.5. The van der Waals surface area contributed by atoms with E-state index in [0.29, 0.717) is 26.1 Å². The molecule has 2 aliphatic rings. The number of hydrogen-bond acceptors (Lipinski definition) is 3. The molecule has 60 valence electrons. The average Bonchev–Trinajstić information content (AvgIpc) is 2.07. The second-order valence-corrected chi connectivity index (χ2v) is 3.09. The lowest BCUT2D eigenvalue weighted by Crippen LogP contribution is -2.44. The number of ketones is 1. The molecular formula is C8H10O3. The van der Waals surface area contributed by atoms with Gasteiger partial charge in [-0.2, -0.15) is 0 Å². The summed E-state index contributed by atoms with van der Waals surface area (Å²) in [6.45, 7) is 1.17. The van der Waals surface area contributed by atoms with E-state index in [-0.39, 0.29) is 11.5 Å². The van der Waals surface area contributed by atoms with Crippen molar-refractivity contribution in [1.82, 2.24) is 0 Å². The smallest absolute Gasteiger partial charge is 0.172 e. The molecule has 3 nitrogen and oxygen atoms in total. The topological polar surface area (TPSA) is 46.5 Å². The Kier molecular flexibility index (Phi) is 1.29. The van der Waals surface area contributed by atoms with Crippen molar-refractivity contribution < 1.29 is 14.6 Å². The molecule has 11 heavy (non-hydrogen) atoms. The number of carbonyl (C=O) groups is 1. The standard InChI is InChI=1S/C8H10O3/c9-6-5-7(10)8(6)1-3-11-4-2-8/h5,9H,1-4H2. The molecule has 0 saturated carbocycles. The van der Waals surface area contributed by atoms with Crippen molar-refractivity contribution in [3.05, 3.63) is 11.8 Å². The fourth-order valence-electron chi connectivity index (χ4n) is 1.67. The summed E-state index contributed by atoms with van der Waals surface area (Å²) in [6, 6.07) is 0. The Morgan fingerprint density at radius 3 is 2.45 bits per heavy atom. The lowest BCUT2D eigenvalue weighted by atomic mass is 9.67. The van der Waals surface area contributed by atoms with Crippen LogP contribution in [0.25, 0.3) is 0 Å². The maximum absolute atomic E-state index is 11.1. The Morgan fingerprint density at radius 2 is 2.09 bits per heavy atom. The van der Waals surface area contributed by atoms with E-state index in [1.54, 1.807) is 0 Å². The van der Waals surface area contributed by atoms with E-state index in [9.17, 15) is 9.90 Å². The first-order chi connectivity index (χ1) is 5.26. The van der Waals surface area contributed by atoms with Gasteiger partial charge in [-0.1, -0.05) is 0 Å². The highest BCUT2D eigenvalue weighted by Gasteiger charge is 2.49. The van der Waals surface area contributed by atoms with Gasteiger partial charge in [-0.05, 0) is 12.8 Å². The van der Waals surface area contributed by atoms with Crippen molar-refractivity contribution in [3.63, 3.8) is 0 Å². The van der Waals surface area contributed by atoms with E-state index >= 15 is 0 Å². The molecule has 1 heterocycles. The summed E-state index contributed by atoms with van der Waals surface area (Å²) in [5.74, 6) is 0.323. The number of rotatable bonds is 0. The molecule has 1 N–H and O–H groups in total. The molecule has 1 fully saturated rings. The van der Waals surface area contributed by atoms with Crippen molar-refractivity contribution in [1.29, 1.82) is 0 Å². The predicted octanol–water partition coefficient (Wildman–Crippen LogP) is 0.808. The Balaban J connectivity index is 2.22. The van der Waals surface area contributed by atoms with Crippen LogP contribution in [0.15, 0.2) is 11.8 Å². The third-order valence-corrected chi connectivity index (χ3v) is 2.58. The quantitative estimate of drug-likeness (QED) is 0.561. The molecular weight excluding hydrogens is 144 g/mol. The van der Waals surface area contributed by atoms with Crippen molar-refractivity contribution in [3.8, 4) is 0 Å². The molecule has 0 aromatic rings. The molecule has 0 unspecified atom stereocenters. The van der Waals surface area contributed by atoms with E-state index in [4.69, 9.17) is 4.74 Å². The van der Waals surface area contributed by atoms with Crippen LogP contribution in [0.1, 0.15) is 12.8 Å². The van der Waals surface area contributed by atoms with Crippen molar-refractivity contribution in [2.24, 2.45) is 5.41 Å². The second-order valence-electron chi connectivity index (χ2n) is 3.09. The number of aliphatic hydroxyl groups is 1. The van der Waals surface area contributed by atoms with Gasteiger partial charge in [0.2, 0.25) is 0 Å². The molecule has 0 radical (unpaired) electrons. The normalized spacial score (nSPS) is 28.0. The van der Waals surface area contributed by atoms with Gasteiger partial charge in [0, 0.05) is 19.3 Å². The predicted molar refractivity (Wildman–Crippen MR) is 38.2 cm³/mol. The van der Waals surface area contributed by atoms with E-state index in [0.717, 1.165) is 0 Å². The van der Waals surface area contributed by atoms with Gasteiger partial charge in [-0.15, -0.1) is 0 Å². The third-order valence-electron chi connectivity index (χ3n) is 2.58. The van der Waals surface area contributed by atoms with Crippen LogP contribution in [0.5, 0.6) is 0 Å².